The number of halogens is 2. The first-order chi connectivity index (χ1) is 7.68. The average molecular weight is 239 g/mol. The molecule has 0 radical (unpaired) electrons. The van der Waals surface area contributed by atoms with Gasteiger partial charge in [-0.2, -0.15) is 0 Å². The van der Waals surface area contributed by atoms with Crippen LogP contribution in [-0.2, 0) is 0 Å². The van der Waals surface area contributed by atoms with Crippen LogP contribution in [0.5, 0.6) is 0 Å². The standard InChI is InChI=1S/C11H8ClFN2O/c12-9-2-1-3-15-10(9)11(16)7-4-8(13)6-14-5-7/h1-6,11,16H. The molecule has 3 nitrogen and oxygen atoms in total. The zero-order valence-corrected chi connectivity index (χ0v) is 8.89. The molecule has 0 amide bonds. The maximum atomic E-state index is 12.9. The summed E-state index contributed by atoms with van der Waals surface area (Å²) in [4.78, 5) is 7.61. The Labute approximate surface area is 96.6 Å². The molecule has 0 bridgehead atoms. The van der Waals surface area contributed by atoms with E-state index in [1.165, 1.54) is 18.5 Å². The van der Waals surface area contributed by atoms with Crippen LogP contribution in [0.4, 0.5) is 4.39 Å². The van der Waals surface area contributed by atoms with Crippen molar-refractivity contribution in [2.45, 2.75) is 6.10 Å². The van der Waals surface area contributed by atoms with Gasteiger partial charge in [-0.25, -0.2) is 4.39 Å². The second-order valence-electron chi connectivity index (χ2n) is 3.21. The molecule has 5 heteroatoms. The number of hydrogen-bond acceptors (Lipinski definition) is 3. The minimum absolute atomic E-state index is 0.288. The molecule has 82 valence electrons. The predicted molar refractivity (Wildman–Crippen MR) is 57.5 cm³/mol. The fourth-order valence-corrected chi connectivity index (χ4v) is 1.56. The van der Waals surface area contributed by atoms with Crippen molar-refractivity contribution in [3.8, 4) is 0 Å². The van der Waals surface area contributed by atoms with Gasteiger partial charge >= 0.3 is 0 Å². The van der Waals surface area contributed by atoms with Crippen LogP contribution in [-0.4, -0.2) is 15.1 Å². The molecule has 2 aromatic heterocycles. The molecule has 16 heavy (non-hydrogen) atoms. The summed E-state index contributed by atoms with van der Waals surface area (Å²) in [6, 6.07) is 4.46. The molecule has 0 fully saturated rings. The van der Waals surface area contributed by atoms with Gasteiger partial charge in [-0.1, -0.05) is 11.6 Å². The Morgan fingerprint density at radius 1 is 1.38 bits per heavy atom. The van der Waals surface area contributed by atoms with Crippen molar-refractivity contribution in [2.75, 3.05) is 0 Å². The van der Waals surface area contributed by atoms with E-state index in [-0.39, 0.29) is 5.69 Å². The summed E-state index contributed by atoms with van der Waals surface area (Å²) >= 11 is 5.87. The average Bonchev–Trinajstić information content (AvgIpc) is 2.29. The zero-order chi connectivity index (χ0) is 11.5. The largest absolute Gasteiger partial charge is 0.382 e. The quantitative estimate of drug-likeness (QED) is 0.874. The van der Waals surface area contributed by atoms with Crippen molar-refractivity contribution in [1.82, 2.24) is 9.97 Å². The molecule has 1 unspecified atom stereocenters. The smallest absolute Gasteiger partial charge is 0.141 e. The van der Waals surface area contributed by atoms with Gasteiger partial charge in [0.15, 0.2) is 0 Å². The van der Waals surface area contributed by atoms with Crippen molar-refractivity contribution in [3.05, 3.63) is 58.9 Å². The number of aliphatic hydroxyl groups excluding tert-OH is 1. The van der Waals surface area contributed by atoms with Crippen LogP contribution in [0.25, 0.3) is 0 Å². The fourth-order valence-electron chi connectivity index (χ4n) is 1.33. The highest BCUT2D eigenvalue weighted by molar-refractivity contribution is 6.31. The molecule has 0 spiro atoms. The second-order valence-corrected chi connectivity index (χ2v) is 3.62. The minimum Gasteiger partial charge on any atom is -0.382 e. The Balaban J connectivity index is 2.39. The van der Waals surface area contributed by atoms with E-state index >= 15 is 0 Å². The van der Waals surface area contributed by atoms with Crippen molar-refractivity contribution >= 4 is 11.6 Å². The lowest BCUT2D eigenvalue weighted by molar-refractivity contribution is 0.214. The molecule has 2 rings (SSSR count). The van der Waals surface area contributed by atoms with E-state index in [4.69, 9.17) is 11.6 Å². The first-order valence-electron chi connectivity index (χ1n) is 4.57. The van der Waals surface area contributed by atoms with Crippen LogP contribution in [0, 0.1) is 5.82 Å². The minimum atomic E-state index is -1.07. The molecule has 1 atom stereocenters. The summed E-state index contributed by atoms with van der Waals surface area (Å²) in [5, 5.41) is 10.3. The van der Waals surface area contributed by atoms with E-state index in [1.807, 2.05) is 0 Å². The Hall–Kier alpha value is -1.52. The predicted octanol–water partition coefficient (Wildman–Crippen LogP) is 2.35. The van der Waals surface area contributed by atoms with Crippen LogP contribution < -0.4 is 0 Å². The Bertz CT molecular complexity index is 507. The molecule has 0 saturated heterocycles. The van der Waals surface area contributed by atoms with Gasteiger partial charge in [-0.15, -0.1) is 0 Å². The summed E-state index contributed by atoms with van der Waals surface area (Å²) < 4.78 is 12.9. The molecule has 0 saturated carbocycles. The monoisotopic (exact) mass is 238 g/mol. The summed E-state index contributed by atoms with van der Waals surface area (Å²) in [5.41, 5.74) is 0.608. The Morgan fingerprint density at radius 2 is 2.19 bits per heavy atom. The molecule has 1 N–H and O–H groups in total. The third-order valence-corrected chi connectivity index (χ3v) is 2.41. The van der Waals surface area contributed by atoms with E-state index in [2.05, 4.69) is 9.97 Å². The lowest BCUT2D eigenvalue weighted by atomic mass is 10.1. The lowest BCUT2D eigenvalue weighted by Crippen LogP contribution is -2.03. The second kappa shape index (κ2) is 4.55. The maximum Gasteiger partial charge on any atom is 0.141 e. The van der Waals surface area contributed by atoms with Crippen LogP contribution in [0.15, 0.2) is 36.8 Å². The highest BCUT2D eigenvalue weighted by atomic mass is 35.5. The molecule has 0 aromatic carbocycles. The Kier molecular flexibility index (Phi) is 3.12. The molecule has 2 aromatic rings. The topological polar surface area (TPSA) is 46.0 Å². The van der Waals surface area contributed by atoms with Gasteiger partial charge in [-0.3, -0.25) is 9.97 Å². The first-order valence-corrected chi connectivity index (χ1v) is 4.95. The molecular formula is C11H8ClFN2O. The fraction of sp³-hybridized carbons (Fsp3) is 0.0909. The lowest BCUT2D eigenvalue weighted by Gasteiger charge is -2.11. The number of pyridine rings is 2. The van der Waals surface area contributed by atoms with Gasteiger partial charge in [0.25, 0.3) is 0 Å². The van der Waals surface area contributed by atoms with Crippen LogP contribution in [0.1, 0.15) is 17.4 Å². The van der Waals surface area contributed by atoms with Crippen molar-refractivity contribution in [2.24, 2.45) is 0 Å². The van der Waals surface area contributed by atoms with Gasteiger partial charge in [0.2, 0.25) is 0 Å². The van der Waals surface area contributed by atoms with Crippen LogP contribution in [0.3, 0.4) is 0 Å². The highest BCUT2D eigenvalue weighted by Gasteiger charge is 2.15. The molecule has 0 aliphatic heterocycles. The number of hydrogen-bond donors (Lipinski definition) is 1. The van der Waals surface area contributed by atoms with E-state index in [1.54, 1.807) is 12.1 Å². The number of aromatic nitrogens is 2. The first kappa shape index (κ1) is 11.0. The van der Waals surface area contributed by atoms with Gasteiger partial charge in [0.05, 0.1) is 16.9 Å². The number of nitrogens with zero attached hydrogens (tertiary/aromatic N) is 2. The van der Waals surface area contributed by atoms with E-state index in [0.29, 0.717) is 10.6 Å². The third-order valence-electron chi connectivity index (χ3n) is 2.09. The highest BCUT2D eigenvalue weighted by Crippen LogP contribution is 2.25. The summed E-state index contributed by atoms with van der Waals surface area (Å²) in [7, 11) is 0. The van der Waals surface area contributed by atoms with Gasteiger partial charge < -0.3 is 5.11 Å². The van der Waals surface area contributed by atoms with E-state index in [9.17, 15) is 9.50 Å². The summed E-state index contributed by atoms with van der Waals surface area (Å²) in [5.74, 6) is -0.511. The maximum absolute atomic E-state index is 12.9. The van der Waals surface area contributed by atoms with Crippen LogP contribution in [0.2, 0.25) is 5.02 Å². The van der Waals surface area contributed by atoms with E-state index in [0.717, 1.165) is 6.20 Å². The summed E-state index contributed by atoms with van der Waals surface area (Å²) in [6.07, 6.45) is 2.88. The Morgan fingerprint density at radius 3 is 2.88 bits per heavy atom. The number of rotatable bonds is 2. The third kappa shape index (κ3) is 2.18. The van der Waals surface area contributed by atoms with E-state index < -0.39 is 11.9 Å². The van der Waals surface area contributed by atoms with Crippen molar-refractivity contribution in [1.29, 1.82) is 0 Å². The van der Waals surface area contributed by atoms with Crippen molar-refractivity contribution < 1.29 is 9.50 Å². The SMILES string of the molecule is OC(c1cncc(F)c1)c1ncccc1Cl. The molecule has 0 aliphatic rings. The van der Waals surface area contributed by atoms with Gasteiger partial charge in [0.1, 0.15) is 11.9 Å². The molecular weight excluding hydrogens is 231 g/mol. The van der Waals surface area contributed by atoms with Gasteiger partial charge in [0, 0.05) is 18.0 Å². The van der Waals surface area contributed by atoms with Gasteiger partial charge in [-0.05, 0) is 18.2 Å². The zero-order valence-electron chi connectivity index (χ0n) is 8.14. The van der Waals surface area contributed by atoms with Crippen LogP contribution >= 0.6 is 11.6 Å². The molecule has 0 aliphatic carbocycles. The number of aliphatic hydroxyl groups is 1. The van der Waals surface area contributed by atoms with Crippen molar-refractivity contribution in [3.63, 3.8) is 0 Å². The summed E-state index contributed by atoms with van der Waals surface area (Å²) in [6.45, 7) is 0. The normalized spacial score (nSPS) is 12.4. The molecule has 2 heterocycles.